The van der Waals surface area contributed by atoms with E-state index < -0.39 is 5.79 Å². The van der Waals surface area contributed by atoms with E-state index in [9.17, 15) is 4.79 Å². The number of likely N-dealkylation sites (tertiary alicyclic amines) is 1. The maximum atomic E-state index is 12.4. The average Bonchev–Trinajstić information content (AvgIpc) is 3.02. The minimum Gasteiger partial charge on any atom is -0.347 e. The van der Waals surface area contributed by atoms with E-state index in [0.29, 0.717) is 13.0 Å². The SMILES string of the molecule is Cc1cc(CCCC(=O)N2CCC3(CC2)OCC(C)O3)c(C)s1. The molecule has 0 bridgehead atoms. The summed E-state index contributed by atoms with van der Waals surface area (Å²) in [7, 11) is 0. The van der Waals surface area contributed by atoms with Crippen molar-refractivity contribution >= 4 is 17.2 Å². The zero-order chi connectivity index (χ0) is 16.4. The lowest BCUT2D eigenvalue weighted by Crippen LogP contribution is -2.47. The van der Waals surface area contributed by atoms with Gasteiger partial charge in [0.2, 0.25) is 5.91 Å². The Morgan fingerprint density at radius 1 is 1.39 bits per heavy atom. The summed E-state index contributed by atoms with van der Waals surface area (Å²) < 4.78 is 11.7. The molecular weight excluding hydrogens is 310 g/mol. The van der Waals surface area contributed by atoms with Crippen LogP contribution >= 0.6 is 11.3 Å². The number of ether oxygens (including phenoxy) is 2. The Morgan fingerprint density at radius 3 is 2.70 bits per heavy atom. The second-order valence-electron chi connectivity index (χ2n) is 6.82. The van der Waals surface area contributed by atoms with Crippen molar-refractivity contribution in [1.82, 2.24) is 4.90 Å². The van der Waals surface area contributed by atoms with Crippen LogP contribution in [0.5, 0.6) is 0 Å². The molecule has 2 aliphatic heterocycles. The summed E-state index contributed by atoms with van der Waals surface area (Å²) >= 11 is 1.84. The first-order valence-corrected chi connectivity index (χ1v) is 9.44. The van der Waals surface area contributed by atoms with Crippen molar-refractivity contribution in [3.63, 3.8) is 0 Å². The predicted molar refractivity (Wildman–Crippen MR) is 91.8 cm³/mol. The minimum absolute atomic E-state index is 0.176. The Hall–Kier alpha value is -0.910. The molecule has 1 atom stereocenters. The Morgan fingerprint density at radius 2 is 2.13 bits per heavy atom. The van der Waals surface area contributed by atoms with Crippen LogP contribution in [-0.4, -0.2) is 42.4 Å². The number of thiophene rings is 1. The molecule has 0 N–H and O–H groups in total. The Kier molecular flexibility index (Phi) is 5.09. The minimum atomic E-state index is -0.415. The van der Waals surface area contributed by atoms with Gasteiger partial charge in [-0.1, -0.05) is 0 Å². The average molecular weight is 337 g/mol. The zero-order valence-electron chi connectivity index (χ0n) is 14.4. The fourth-order valence-corrected chi connectivity index (χ4v) is 4.56. The third-order valence-corrected chi connectivity index (χ3v) is 5.86. The molecule has 4 nitrogen and oxygen atoms in total. The number of rotatable bonds is 4. The number of carbonyl (C=O) groups excluding carboxylic acids is 1. The van der Waals surface area contributed by atoms with Gasteiger partial charge in [0.05, 0.1) is 12.7 Å². The second kappa shape index (κ2) is 6.91. The van der Waals surface area contributed by atoms with Crippen molar-refractivity contribution in [2.24, 2.45) is 0 Å². The Labute approximate surface area is 142 Å². The molecule has 0 aromatic carbocycles. The summed E-state index contributed by atoms with van der Waals surface area (Å²) in [5.74, 6) is -0.142. The van der Waals surface area contributed by atoms with Gasteiger partial charge >= 0.3 is 0 Å². The van der Waals surface area contributed by atoms with Crippen molar-refractivity contribution in [3.8, 4) is 0 Å². The van der Waals surface area contributed by atoms with Gasteiger partial charge in [-0.25, -0.2) is 0 Å². The molecule has 0 radical (unpaired) electrons. The molecule has 0 saturated carbocycles. The van der Waals surface area contributed by atoms with Crippen molar-refractivity contribution in [2.45, 2.75) is 64.8 Å². The maximum Gasteiger partial charge on any atom is 0.222 e. The Bertz CT molecular complexity index is 561. The lowest BCUT2D eigenvalue weighted by Gasteiger charge is -2.37. The number of aryl methyl sites for hydroxylation is 3. The van der Waals surface area contributed by atoms with Gasteiger partial charge < -0.3 is 14.4 Å². The standard InChI is InChI=1S/C18H27NO3S/c1-13-12-21-18(22-13)7-9-19(10-8-18)17(20)6-4-5-16-11-14(2)23-15(16)3/h11,13H,4-10,12H2,1-3H3. The van der Waals surface area contributed by atoms with Gasteiger partial charge in [0.1, 0.15) is 0 Å². The van der Waals surface area contributed by atoms with E-state index in [-0.39, 0.29) is 12.0 Å². The number of amides is 1. The van der Waals surface area contributed by atoms with Crippen molar-refractivity contribution in [3.05, 3.63) is 21.4 Å². The number of hydrogen-bond donors (Lipinski definition) is 0. The van der Waals surface area contributed by atoms with E-state index in [1.165, 1.54) is 15.3 Å². The highest BCUT2D eigenvalue weighted by Gasteiger charge is 2.43. The molecule has 1 aromatic heterocycles. The molecule has 2 fully saturated rings. The highest BCUT2D eigenvalue weighted by Crippen LogP contribution is 2.34. The fourth-order valence-electron chi connectivity index (χ4n) is 3.58. The fraction of sp³-hybridized carbons (Fsp3) is 0.722. The summed E-state index contributed by atoms with van der Waals surface area (Å²) in [6, 6.07) is 2.26. The van der Waals surface area contributed by atoms with Crippen LogP contribution in [0.25, 0.3) is 0 Å². The first-order chi connectivity index (χ1) is 11.0. The van der Waals surface area contributed by atoms with Crippen LogP contribution in [0.1, 0.15) is 47.9 Å². The Balaban J connectivity index is 1.42. The number of hydrogen-bond acceptors (Lipinski definition) is 4. The number of piperidine rings is 1. The van der Waals surface area contributed by atoms with Crippen LogP contribution in [0.2, 0.25) is 0 Å². The molecule has 5 heteroatoms. The smallest absolute Gasteiger partial charge is 0.222 e. The van der Waals surface area contributed by atoms with E-state index in [0.717, 1.165) is 38.8 Å². The molecule has 2 aliphatic rings. The normalized spacial score (nSPS) is 23.6. The molecule has 1 aromatic rings. The lowest BCUT2D eigenvalue weighted by atomic mass is 10.0. The maximum absolute atomic E-state index is 12.4. The van der Waals surface area contributed by atoms with Crippen LogP contribution in [0.3, 0.4) is 0 Å². The molecule has 23 heavy (non-hydrogen) atoms. The van der Waals surface area contributed by atoms with E-state index >= 15 is 0 Å². The van der Waals surface area contributed by atoms with E-state index in [1.54, 1.807) is 0 Å². The number of carbonyl (C=O) groups is 1. The highest BCUT2D eigenvalue weighted by atomic mass is 32.1. The largest absolute Gasteiger partial charge is 0.347 e. The molecule has 3 rings (SSSR count). The predicted octanol–water partition coefficient (Wildman–Crippen LogP) is 3.44. The van der Waals surface area contributed by atoms with Gasteiger partial charge in [0.25, 0.3) is 0 Å². The van der Waals surface area contributed by atoms with Gasteiger partial charge in [-0.3, -0.25) is 4.79 Å². The molecule has 128 valence electrons. The summed E-state index contributed by atoms with van der Waals surface area (Å²) in [5.41, 5.74) is 1.40. The summed E-state index contributed by atoms with van der Waals surface area (Å²) in [6.07, 6.45) is 4.34. The van der Waals surface area contributed by atoms with Crippen molar-refractivity contribution < 1.29 is 14.3 Å². The van der Waals surface area contributed by atoms with Crippen LogP contribution < -0.4 is 0 Å². The second-order valence-corrected chi connectivity index (χ2v) is 8.28. The van der Waals surface area contributed by atoms with Crippen LogP contribution in [0.4, 0.5) is 0 Å². The first kappa shape index (κ1) is 16.9. The lowest BCUT2D eigenvalue weighted by molar-refractivity contribution is -0.194. The summed E-state index contributed by atoms with van der Waals surface area (Å²) in [6.45, 7) is 8.53. The molecule has 3 heterocycles. The van der Waals surface area contributed by atoms with Gasteiger partial charge in [0, 0.05) is 42.1 Å². The molecule has 0 aliphatic carbocycles. The van der Waals surface area contributed by atoms with E-state index in [2.05, 4.69) is 19.9 Å². The van der Waals surface area contributed by atoms with Crippen LogP contribution in [-0.2, 0) is 20.7 Å². The molecule has 1 unspecified atom stereocenters. The first-order valence-electron chi connectivity index (χ1n) is 8.63. The van der Waals surface area contributed by atoms with Crippen molar-refractivity contribution in [2.75, 3.05) is 19.7 Å². The summed E-state index contributed by atoms with van der Waals surface area (Å²) in [4.78, 5) is 17.1. The highest BCUT2D eigenvalue weighted by molar-refractivity contribution is 7.12. The van der Waals surface area contributed by atoms with E-state index in [1.807, 2.05) is 23.2 Å². The number of nitrogens with zero attached hydrogens (tertiary/aromatic N) is 1. The third-order valence-electron chi connectivity index (χ3n) is 4.86. The zero-order valence-corrected chi connectivity index (χ0v) is 15.2. The van der Waals surface area contributed by atoms with Crippen molar-refractivity contribution in [1.29, 1.82) is 0 Å². The van der Waals surface area contributed by atoms with E-state index in [4.69, 9.17) is 9.47 Å². The molecular formula is C18H27NO3S. The van der Waals surface area contributed by atoms with Gasteiger partial charge in [0.15, 0.2) is 5.79 Å². The molecule has 1 spiro atoms. The topological polar surface area (TPSA) is 38.8 Å². The third kappa shape index (κ3) is 3.95. The summed E-state index contributed by atoms with van der Waals surface area (Å²) in [5, 5.41) is 0. The van der Waals surface area contributed by atoms with Crippen LogP contribution in [0, 0.1) is 13.8 Å². The quantitative estimate of drug-likeness (QED) is 0.845. The van der Waals surface area contributed by atoms with Crippen LogP contribution in [0.15, 0.2) is 6.07 Å². The van der Waals surface area contributed by atoms with Gasteiger partial charge in [-0.05, 0) is 45.2 Å². The molecule has 2 saturated heterocycles. The monoisotopic (exact) mass is 337 g/mol. The van der Waals surface area contributed by atoms with Gasteiger partial charge in [-0.15, -0.1) is 11.3 Å². The molecule has 1 amide bonds. The van der Waals surface area contributed by atoms with Gasteiger partial charge in [-0.2, -0.15) is 0 Å².